The summed E-state index contributed by atoms with van der Waals surface area (Å²) in [7, 11) is 0. The summed E-state index contributed by atoms with van der Waals surface area (Å²) in [6.07, 6.45) is 0.00846. The van der Waals surface area contributed by atoms with Crippen LogP contribution in [0.2, 0.25) is 0 Å². The third-order valence-electron chi connectivity index (χ3n) is 4.41. The van der Waals surface area contributed by atoms with Gasteiger partial charge in [0.05, 0.1) is 13.2 Å². The highest BCUT2D eigenvalue weighted by molar-refractivity contribution is 6.39. The average molecular weight is 370 g/mol. The topological polar surface area (TPSA) is 46.6 Å². The molecule has 0 bridgehead atoms. The molecule has 5 heteroatoms. The monoisotopic (exact) mass is 369 g/mol. The molecule has 1 amide bonds. The van der Waals surface area contributed by atoms with E-state index in [2.05, 4.69) is 6.58 Å². The van der Waals surface area contributed by atoms with Crippen LogP contribution in [-0.4, -0.2) is 18.5 Å². The lowest BCUT2D eigenvalue weighted by Gasteiger charge is -2.23. The first-order valence-corrected chi connectivity index (χ1v) is 8.84. The van der Waals surface area contributed by atoms with E-state index in [1.54, 1.807) is 11.8 Å². The van der Waals surface area contributed by atoms with Gasteiger partial charge in [0.1, 0.15) is 0 Å². The number of ether oxygens (including phenoxy) is 1. The van der Waals surface area contributed by atoms with Gasteiger partial charge < -0.3 is 9.64 Å². The number of para-hydroxylation sites is 1. The minimum Gasteiger partial charge on any atom is -0.463 e. The SMILES string of the molecule is C=C(CC1(Cl)C(=O)N(Cc2ccccc2)c2ccccc21)C(=O)OCC. The van der Waals surface area contributed by atoms with Gasteiger partial charge in [-0.25, -0.2) is 4.79 Å². The molecule has 3 rings (SSSR count). The molecule has 0 N–H and O–H groups in total. The van der Waals surface area contributed by atoms with Crippen LogP contribution in [0.1, 0.15) is 24.5 Å². The summed E-state index contributed by atoms with van der Waals surface area (Å²) in [6.45, 7) is 6.15. The van der Waals surface area contributed by atoms with Gasteiger partial charge in [0, 0.05) is 23.2 Å². The molecular formula is C21H20ClNO3. The number of anilines is 1. The Labute approximate surface area is 158 Å². The highest BCUT2D eigenvalue weighted by Crippen LogP contribution is 2.48. The molecule has 1 aliphatic rings. The maximum atomic E-state index is 13.2. The van der Waals surface area contributed by atoms with Crippen molar-refractivity contribution in [3.05, 3.63) is 77.9 Å². The molecule has 0 aromatic heterocycles. The Bertz CT molecular complexity index is 849. The van der Waals surface area contributed by atoms with Gasteiger partial charge in [-0.05, 0) is 18.6 Å². The van der Waals surface area contributed by atoms with Crippen LogP contribution < -0.4 is 4.90 Å². The number of hydrogen-bond donors (Lipinski definition) is 0. The fourth-order valence-electron chi connectivity index (χ4n) is 3.18. The largest absolute Gasteiger partial charge is 0.463 e. The highest BCUT2D eigenvalue weighted by Gasteiger charge is 2.50. The molecule has 134 valence electrons. The minimum atomic E-state index is -1.35. The van der Waals surface area contributed by atoms with E-state index in [0.29, 0.717) is 12.1 Å². The summed E-state index contributed by atoms with van der Waals surface area (Å²) in [5, 5.41) is 0. The van der Waals surface area contributed by atoms with Crippen molar-refractivity contribution in [3.63, 3.8) is 0 Å². The number of rotatable bonds is 6. The number of carbonyl (C=O) groups is 2. The van der Waals surface area contributed by atoms with E-state index in [4.69, 9.17) is 16.3 Å². The van der Waals surface area contributed by atoms with Crippen molar-refractivity contribution in [2.75, 3.05) is 11.5 Å². The van der Waals surface area contributed by atoms with Gasteiger partial charge in [-0.1, -0.05) is 55.1 Å². The third-order valence-corrected chi connectivity index (χ3v) is 4.91. The van der Waals surface area contributed by atoms with E-state index < -0.39 is 10.8 Å². The lowest BCUT2D eigenvalue weighted by molar-refractivity contribution is -0.138. The van der Waals surface area contributed by atoms with Crippen LogP contribution in [0.15, 0.2) is 66.7 Å². The number of alkyl halides is 1. The molecule has 4 nitrogen and oxygen atoms in total. The standard InChI is InChI=1S/C21H20ClNO3/c1-3-26-19(24)15(2)13-21(22)17-11-7-8-12-18(17)23(20(21)25)14-16-9-5-4-6-10-16/h4-12H,2-3,13-14H2,1H3. The van der Waals surface area contributed by atoms with Crippen LogP contribution >= 0.6 is 11.6 Å². The third kappa shape index (κ3) is 3.25. The van der Waals surface area contributed by atoms with E-state index >= 15 is 0 Å². The molecule has 0 aliphatic carbocycles. The number of carbonyl (C=O) groups excluding carboxylic acids is 2. The van der Waals surface area contributed by atoms with E-state index in [-0.39, 0.29) is 24.5 Å². The first kappa shape index (κ1) is 18.2. The number of esters is 1. The molecule has 1 heterocycles. The number of nitrogens with zero attached hydrogens (tertiary/aromatic N) is 1. The molecule has 1 aliphatic heterocycles. The molecule has 26 heavy (non-hydrogen) atoms. The van der Waals surface area contributed by atoms with Crippen LogP contribution in [0.25, 0.3) is 0 Å². The molecule has 0 fully saturated rings. The van der Waals surface area contributed by atoms with Gasteiger partial charge in [0.25, 0.3) is 5.91 Å². The Balaban J connectivity index is 1.93. The second kappa shape index (κ2) is 7.34. The van der Waals surface area contributed by atoms with Gasteiger partial charge in [-0.3, -0.25) is 4.79 Å². The van der Waals surface area contributed by atoms with Crippen molar-refractivity contribution in [2.45, 2.75) is 24.8 Å². The molecule has 2 aromatic rings. The predicted octanol–water partition coefficient (Wildman–Crippen LogP) is 4.18. The Morgan fingerprint density at radius 3 is 2.50 bits per heavy atom. The zero-order chi connectivity index (χ0) is 18.7. The summed E-state index contributed by atoms with van der Waals surface area (Å²) in [5.74, 6) is -0.783. The minimum absolute atomic E-state index is 0.00846. The van der Waals surface area contributed by atoms with Crippen LogP contribution in [-0.2, 0) is 25.7 Å². The lowest BCUT2D eigenvalue weighted by atomic mass is 9.92. The smallest absolute Gasteiger partial charge is 0.333 e. The summed E-state index contributed by atoms with van der Waals surface area (Å²) in [5.41, 5.74) is 2.63. The zero-order valence-electron chi connectivity index (χ0n) is 14.6. The van der Waals surface area contributed by atoms with E-state index in [9.17, 15) is 9.59 Å². The summed E-state index contributed by atoms with van der Waals surface area (Å²) < 4.78 is 4.98. The highest BCUT2D eigenvalue weighted by atomic mass is 35.5. The normalized spacial score (nSPS) is 18.5. The Hall–Kier alpha value is -2.59. The number of benzene rings is 2. The van der Waals surface area contributed by atoms with E-state index in [1.165, 1.54) is 0 Å². The fraction of sp³-hybridized carbons (Fsp3) is 0.238. The summed E-state index contributed by atoms with van der Waals surface area (Å²) >= 11 is 6.79. The van der Waals surface area contributed by atoms with E-state index in [0.717, 1.165) is 11.3 Å². The summed E-state index contributed by atoms with van der Waals surface area (Å²) in [6, 6.07) is 17.1. The van der Waals surface area contributed by atoms with Gasteiger partial charge in [-0.2, -0.15) is 0 Å². The number of fused-ring (bicyclic) bond motifs is 1. The van der Waals surface area contributed by atoms with Crippen LogP contribution in [0.3, 0.4) is 0 Å². The quantitative estimate of drug-likeness (QED) is 0.436. The Morgan fingerprint density at radius 1 is 1.15 bits per heavy atom. The average Bonchev–Trinajstić information content (AvgIpc) is 2.85. The van der Waals surface area contributed by atoms with Crippen molar-refractivity contribution < 1.29 is 14.3 Å². The number of halogens is 1. The van der Waals surface area contributed by atoms with Crippen LogP contribution in [0.4, 0.5) is 5.69 Å². The number of amides is 1. The fourth-order valence-corrected chi connectivity index (χ4v) is 3.60. The van der Waals surface area contributed by atoms with Crippen molar-refractivity contribution in [3.8, 4) is 0 Å². The summed E-state index contributed by atoms with van der Waals surface area (Å²) in [4.78, 5) is 25.5. The Morgan fingerprint density at radius 2 is 1.81 bits per heavy atom. The molecular weight excluding hydrogens is 350 g/mol. The molecule has 2 aromatic carbocycles. The molecule has 1 unspecified atom stereocenters. The predicted molar refractivity (Wildman–Crippen MR) is 102 cm³/mol. The van der Waals surface area contributed by atoms with Crippen LogP contribution in [0, 0.1) is 0 Å². The second-order valence-electron chi connectivity index (χ2n) is 6.20. The first-order chi connectivity index (χ1) is 12.5. The number of hydrogen-bond acceptors (Lipinski definition) is 3. The van der Waals surface area contributed by atoms with Gasteiger partial charge >= 0.3 is 5.97 Å². The molecule has 1 atom stereocenters. The van der Waals surface area contributed by atoms with Gasteiger partial charge in [0.2, 0.25) is 0 Å². The second-order valence-corrected chi connectivity index (χ2v) is 6.84. The van der Waals surface area contributed by atoms with Crippen molar-refractivity contribution in [1.29, 1.82) is 0 Å². The molecule has 0 spiro atoms. The van der Waals surface area contributed by atoms with Gasteiger partial charge in [-0.15, -0.1) is 11.6 Å². The van der Waals surface area contributed by atoms with Crippen LogP contribution in [0.5, 0.6) is 0 Å². The van der Waals surface area contributed by atoms with Crippen molar-refractivity contribution in [2.24, 2.45) is 0 Å². The Kier molecular flexibility index (Phi) is 5.14. The molecule has 0 saturated heterocycles. The molecule has 0 saturated carbocycles. The molecule has 0 radical (unpaired) electrons. The first-order valence-electron chi connectivity index (χ1n) is 8.46. The van der Waals surface area contributed by atoms with Gasteiger partial charge in [0.15, 0.2) is 4.87 Å². The zero-order valence-corrected chi connectivity index (χ0v) is 15.3. The maximum absolute atomic E-state index is 13.2. The lowest BCUT2D eigenvalue weighted by Crippen LogP contribution is -2.37. The maximum Gasteiger partial charge on any atom is 0.333 e. The van der Waals surface area contributed by atoms with E-state index in [1.807, 2.05) is 54.6 Å². The van der Waals surface area contributed by atoms with Crippen molar-refractivity contribution in [1.82, 2.24) is 0 Å². The van der Waals surface area contributed by atoms with Crippen molar-refractivity contribution >= 4 is 29.2 Å².